The van der Waals surface area contributed by atoms with Gasteiger partial charge >= 0.3 is 0 Å². The van der Waals surface area contributed by atoms with E-state index in [9.17, 15) is 4.79 Å². The van der Waals surface area contributed by atoms with Gasteiger partial charge in [0.1, 0.15) is 0 Å². The fourth-order valence-corrected chi connectivity index (χ4v) is 6.37. The number of aryl methyl sites for hydroxylation is 2. The molecule has 0 saturated carbocycles. The standard InChI is InChI=1S/C27H33N7OS/c1-6-21-16-32(23-13-26(35)31(5)34-15-20(10-11-28)29-27(23)34)17(3)14-33(21)18(4)19-8-9-22-24(12-19)36-25(7-2)30-22/h8-9,12-13,15,17-18,21H,6-7,10,14,16H2,1-5H3/t17-,18?,21+/m0/s1. The molecule has 0 amide bonds. The molecule has 188 valence electrons. The normalized spacial score (nSPS) is 19.7. The predicted octanol–water partition coefficient (Wildman–Crippen LogP) is 4.32. The first-order valence-corrected chi connectivity index (χ1v) is 13.5. The molecule has 0 bridgehead atoms. The Bertz CT molecular complexity index is 1510. The molecule has 0 radical (unpaired) electrons. The monoisotopic (exact) mass is 503 g/mol. The van der Waals surface area contributed by atoms with Crippen molar-refractivity contribution in [2.75, 3.05) is 18.0 Å². The van der Waals surface area contributed by atoms with E-state index in [-0.39, 0.29) is 24.1 Å². The van der Waals surface area contributed by atoms with Crippen molar-refractivity contribution in [3.05, 3.63) is 57.1 Å². The maximum atomic E-state index is 12.8. The Balaban J connectivity index is 1.47. The number of fused-ring (bicyclic) bond motifs is 2. The second kappa shape index (κ2) is 9.68. The number of imidazole rings is 1. The summed E-state index contributed by atoms with van der Waals surface area (Å²) in [4.78, 5) is 27.2. The largest absolute Gasteiger partial charge is 0.363 e. The zero-order chi connectivity index (χ0) is 25.6. The first-order valence-electron chi connectivity index (χ1n) is 12.7. The zero-order valence-corrected chi connectivity index (χ0v) is 22.4. The highest BCUT2D eigenvalue weighted by Gasteiger charge is 2.35. The molecule has 0 aliphatic carbocycles. The average Bonchev–Trinajstić information content (AvgIpc) is 3.49. The van der Waals surface area contributed by atoms with Crippen LogP contribution in [-0.2, 0) is 19.9 Å². The van der Waals surface area contributed by atoms with Gasteiger partial charge in [-0.05, 0) is 44.4 Å². The Kier molecular flexibility index (Phi) is 6.58. The average molecular weight is 504 g/mol. The number of nitrogens with zero attached hydrogens (tertiary/aromatic N) is 7. The van der Waals surface area contributed by atoms with Crippen molar-refractivity contribution in [1.29, 1.82) is 5.26 Å². The molecule has 0 N–H and O–H groups in total. The SMILES string of the molecule is CCc1nc2ccc(C(C)N3C[C@H](C)N(c4cc(=O)n(C)n5cc(CC#N)nc45)C[C@H]3CC)cc2s1. The maximum Gasteiger partial charge on any atom is 0.267 e. The van der Waals surface area contributed by atoms with Crippen LogP contribution in [0.15, 0.2) is 35.3 Å². The molecule has 0 spiro atoms. The van der Waals surface area contributed by atoms with Gasteiger partial charge in [0.15, 0.2) is 5.65 Å². The van der Waals surface area contributed by atoms with Crippen molar-refractivity contribution in [2.45, 2.75) is 65.1 Å². The number of rotatable bonds is 6. The number of hydrogen-bond acceptors (Lipinski definition) is 7. The van der Waals surface area contributed by atoms with Crippen LogP contribution in [0, 0.1) is 11.3 Å². The smallest absolute Gasteiger partial charge is 0.267 e. The van der Waals surface area contributed by atoms with Crippen LogP contribution in [0.2, 0.25) is 0 Å². The van der Waals surface area contributed by atoms with Crippen molar-refractivity contribution in [1.82, 2.24) is 24.1 Å². The van der Waals surface area contributed by atoms with E-state index >= 15 is 0 Å². The number of thiazole rings is 1. The summed E-state index contributed by atoms with van der Waals surface area (Å²) in [5, 5.41) is 10.3. The van der Waals surface area contributed by atoms with E-state index in [1.54, 1.807) is 39.8 Å². The molecule has 1 aliphatic heterocycles. The topological polar surface area (TPSA) is 82.5 Å². The number of nitriles is 1. The zero-order valence-electron chi connectivity index (χ0n) is 21.6. The third-order valence-electron chi connectivity index (χ3n) is 7.53. The molecule has 1 saturated heterocycles. The summed E-state index contributed by atoms with van der Waals surface area (Å²) in [5.74, 6) is 0. The summed E-state index contributed by atoms with van der Waals surface area (Å²) in [6.45, 7) is 10.6. The third kappa shape index (κ3) is 4.18. The summed E-state index contributed by atoms with van der Waals surface area (Å²) >= 11 is 1.79. The van der Waals surface area contributed by atoms with E-state index in [4.69, 9.17) is 15.2 Å². The number of aromatic nitrogens is 4. The lowest BCUT2D eigenvalue weighted by molar-refractivity contribution is 0.106. The minimum Gasteiger partial charge on any atom is -0.363 e. The molecular formula is C27H33N7OS. The van der Waals surface area contributed by atoms with Gasteiger partial charge in [0.25, 0.3) is 5.56 Å². The van der Waals surface area contributed by atoms with E-state index in [1.165, 1.54) is 15.3 Å². The van der Waals surface area contributed by atoms with Crippen LogP contribution in [0.3, 0.4) is 0 Å². The van der Waals surface area contributed by atoms with Crippen LogP contribution in [-0.4, -0.2) is 49.2 Å². The minimum absolute atomic E-state index is 0.0845. The molecule has 1 fully saturated rings. The molecule has 1 unspecified atom stereocenters. The lowest BCUT2D eigenvalue weighted by Crippen LogP contribution is -2.58. The highest BCUT2D eigenvalue weighted by atomic mass is 32.1. The fraction of sp³-hybridized carbons (Fsp3) is 0.481. The van der Waals surface area contributed by atoms with Crippen molar-refractivity contribution in [3.8, 4) is 6.07 Å². The van der Waals surface area contributed by atoms with E-state index in [0.29, 0.717) is 11.7 Å². The lowest BCUT2D eigenvalue weighted by Gasteiger charge is -2.48. The van der Waals surface area contributed by atoms with Crippen molar-refractivity contribution in [3.63, 3.8) is 0 Å². The van der Waals surface area contributed by atoms with Crippen LogP contribution in [0.4, 0.5) is 5.69 Å². The molecule has 3 atom stereocenters. The first kappa shape index (κ1) is 24.5. The highest BCUT2D eigenvalue weighted by Crippen LogP contribution is 2.34. The van der Waals surface area contributed by atoms with Crippen LogP contribution < -0.4 is 10.5 Å². The molecule has 1 aromatic carbocycles. The number of anilines is 1. The van der Waals surface area contributed by atoms with Crippen LogP contribution in [0.5, 0.6) is 0 Å². The Morgan fingerprint density at radius 3 is 2.75 bits per heavy atom. The van der Waals surface area contributed by atoms with Crippen molar-refractivity contribution in [2.24, 2.45) is 7.05 Å². The molecule has 9 heteroatoms. The second-order valence-electron chi connectivity index (χ2n) is 9.75. The summed E-state index contributed by atoms with van der Waals surface area (Å²) in [5.41, 5.74) is 4.57. The molecule has 36 heavy (non-hydrogen) atoms. The Labute approximate surface area is 215 Å². The summed E-state index contributed by atoms with van der Waals surface area (Å²) in [7, 11) is 1.73. The number of hydrogen-bond donors (Lipinski definition) is 0. The predicted molar refractivity (Wildman–Crippen MR) is 145 cm³/mol. The molecule has 5 rings (SSSR count). The third-order valence-corrected chi connectivity index (χ3v) is 8.70. The van der Waals surface area contributed by atoms with Gasteiger partial charge in [-0.15, -0.1) is 11.3 Å². The van der Waals surface area contributed by atoms with Gasteiger partial charge in [0, 0.05) is 44.3 Å². The molecule has 4 heterocycles. The van der Waals surface area contributed by atoms with E-state index < -0.39 is 0 Å². The van der Waals surface area contributed by atoms with Gasteiger partial charge in [-0.1, -0.05) is 19.9 Å². The first-order chi connectivity index (χ1) is 17.3. The fourth-order valence-electron chi connectivity index (χ4n) is 5.41. The van der Waals surface area contributed by atoms with E-state index in [0.717, 1.165) is 42.8 Å². The summed E-state index contributed by atoms with van der Waals surface area (Å²) < 4.78 is 4.58. The Morgan fingerprint density at radius 2 is 2.03 bits per heavy atom. The summed E-state index contributed by atoms with van der Waals surface area (Å²) in [6.07, 6.45) is 3.98. The Hall–Kier alpha value is -3.22. The molecule has 1 aliphatic rings. The van der Waals surface area contributed by atoms with Gasteiger partial charge in [-0.3, -0.25) is 9.69 Å². The molecule has 3 aromatic heterocycles. The minimum atomic E-state index is -0.0845. The van der Waals surface area contributed by atoms with Gasteiger partial charge in [-0.2, -0.15) is 5.26 Å². The molecular weight excluding hydrogens is 470 g/mol. The quantitative estimate of drug-likeness (QED) is 0.390. The Morgan fingerprint density at radius 1 is 1.22 bits per heavy atom. The highest BCUT2D eigenvalue weighted by molar-refractivity contribution is 7.18. The van der Waals surface area contributed by atoms with E-state index in [1.807, 2.05) is 0 Å². The van der Waals surface area contributed by atoms with Gasteiger partial charge in [0.05, 0.1) is 45.3 Å². The van der Waals surface area contributed by atoms with E-state index in [2.05, 4.69) is 61.8 Å². The van der Waals surface area contributed by atoms with Gasteiger partial charge < -0.3 is 4.90 Å². The van der Waals surface area contributed by atoms with Gasteiger partial charge in [-0.25, -0.2) is 19.2 Å². The van der Waals surface area contributed by atoms with Crippen LogP contribution >= 0.6 is 11.3 Å². The van der Waals surface area contributed by atoms with Crippen LogP contribution in [0.25, 0.3) is 15.9 Å². The number of piperazine rings is 1. The number of benzene rings is 1. The van der Waals surface area contributed by atoms with Crippen molar-refractivity contribution < 1.29 is 0 Å². The van der Waals surface area contributed by atoms with Crippen molar-refractivity contribution >= 4 is 32.9 Å². The van der Waals surface area contributed by atoms with Gasteiger partial charge in [0.2, 0.25) is 0 Å². The molecule has 4 aromatic rings. The second-order valence-corrected chi connectivity index (χ2v) is 10.9. The lowest BCUT2D eigenvalue weighted by atomic mass is 9.98. The molecule has 8 nitrogen and oxygen atoms in total. The summed E-state index contributed by atoms with van der Waals surface area (Å²) in [6, 6.07) is 11.4. The van der Waals surface area contributed by atoms with Crippen LogP contribution in [0.1, 0.15) is 56.4 Å². The maximum absolute atomic E-state index is 12.8.